The molecule has 1 N–H and O–H groups in total. The van der Waals surface area contributed by atoms with Crippen molar-refractivity contribution in [3.63, 3.8) is 0 Å². The molecule has 2 aromatic rings. The molecule has 0 saturated carbocycles. The smallest absolute Gasteiger partial charge is 0.263 e. The Hall–Kier alpha value is -2.10. The second-order valence-electron chi connectivity index (χ2n) is 6.51. The lowest BCUT2D eigenvalue weighted by Gasteiger charge is -2.19. The van der Waals surface area contributed by atoms with E-state index < -0.39 is 19.9 Å². The zero-order chi connectivity index (χ0) is 20.5. The number of carbonyl (C=O) groups excluding carboxylic acids is 1. The summed E-state index contributed by atoms with van der Waals surface area (Å²) in [6.45, 7) is 1.18. The number of rotatable bonds is 5. The Bertz CT molecular complexity index is 1120. The highest BCUT2D eigenvalue weighted by Crippen LogP contribution is 2.28. The topological polar surface area (TPSA) is 101 Å². The molecular weight excluding hydrogens is 424 g/mol. The maximum atomic E-state index is 12.9. The normalized spacial score (nSPS) is 14.9. The molecule has 1 saturated heterocycles. The molecule has 3 rings (SSSR count). The minimum Gasteiger partial charge on any atom is -0.339 e. The zero-order valence-electron chi connectivity index (χ0n) is 15.1. The van der Waals surface area contributed by atoms with Crippen LogP contribution in [0.5, 0.6) is 0 Å². The number of hydrogen-bond donors (Lipinski definition) is 1. The lowest BCUT2D eigenvalue weighted by Crippen LogP contribution is -2.29. The highest BCUT2D eigenvalue weighted by molar-refractivity contribution is 7.95. The van der Waals surface area contributed by atoms with E-state index in [1.54, 1.807) is 4.90 Å². The molecule has 0 unspecified atom stereocenters. The van der Waals surface area contributed by atoms with Gasteiger partial charge in [0.2, 0.25) is 0 Å². The fraction of sp³-hybridized carbons (Fsp3) is 0.278. The number of carbonyl (C=O) groups is 1. The van der Waals surface area contributed by atoms with Crippen molar-refractivity contribution in [2.45, 2.75) is 22.6 Å². The van der Waals surface area contributed by atoms with Gasteiger partial charge in [0.1, 0.15) is 4.90 Å². The molecule has 7 nitrogen and oxygen atoms in total. The van der Waals surface area contributed by atoms with Gasteiger partial charge in [-0.1, -0.05) is 23.7 Å². The van der Waals surface area contributed by atoms with E-state index in [4.69, 9.17) is 11.6 Å². The monoisotopic (exact) mass is 442 g/mol. The van der Waals surface area contributed by atoms with Crippen LogP contribution in [-0.2, 0) is 19.9 Å². The molecular formula is C18H19ClN2O5S2. The highest BCUT2D eigenvalue weighted by atomic mass is 35.5. The fourth-order valence-electron chi connectivity index (χ4n) is 3.05. The van der Waals surface area contributed by atoms with Crippen LogP contribution in [0.2, 0.25) is 5.02 Å². The number of benzene rings is 2. The standard InChI is InChI=1S/C18H19ClN2O5S2/c1-27(23,24)16-6-2-3-7-17(16)28(25,26)20-15-9-8-13(19)12-14(15)18(22)21-10-4-5-11-21/h2-3,6-9,12,20H,4-5,10-11H2,1H3. The van der Waals surface area contributed by atoms with Gasteiger partial charge in [0, 0.05) is 24.4 Å². The Morgan fingerprint density at radius 1 is 1.00 bits per heavy atom. The Morgan fingerprint density at radius 2 is 1.61 bits per heavy atom. The second-order valence-corrected chi connectivity index (χ2v) is 10.6. The van der Waals surface area contributed by atoms with Crippen LogP contribution in [-0.4, -0.2) is 47.0 Å². The third-order valence-electron chi connectivity index (χ3n) is 4.39. The average Bonchev–Trinajstić information content (AvgIpc) is 3.16. The number of halogens is 1. The van der Waals surface area contributed by atoms with E-state index in [0.29, 0.717) is 18.1 Å². The van der Waals surface area contributed by atoms with Crippen LogP contribution in [0.25, 0.3) is 0 Å². The van der Waals surface area contributed by atoms with E-state index in [0.717, 1.165) is 19.1 Å². The lowest BCUT2D eigenvalue weighted by atomic mass is 10.1. The Labute approximate surface area is 169 Å². The average molecular weight is 443 g/mol. The Balaban J connectivity index is 2.04. The van der Waals surface area contributed by atoms with Crippen molar-refractivity contribution in [2.24, 2.45) is 0 Å². The first-order valence-electron chi connectivity index (χ1n) is 8.50. The van der Waals surface area contributed by atoms with Gasteiger partial charge in [-0.15, -0.1) is 0 Å². The van der Waals surface area contributed by atoms with Crippen molar-refractivity contribution < 1.29 is 21.6 Å². The summed E-state index contributed by atoms with van der Waals surface area (Å²) in [6.07, 6.45) is 2.70. The highest BCUT2D eigenvalue weighted by Gasteiger charge is 2.27. The number of sulfone groups is 1. The quantitative estimate of drug-likeness (QED) is 0.767. The SMILES string of the molecule is CS(=O)(=O)c1ccccc1S(=O)(=O)Nc1ccc(Cl)cc1C(=O)N1CCCC1. The number of nitrogens with one attached hydrogen (secondary N) is 1. The molecule has 0 aliphatic carbocycles. The van der Waals surface area contributed by atoms with Gasteiger partial charge in [0.15, 0.2) is 9.84 Å². The molecule has 0 aromatic heterocycles. The van der Waals surface area contributed by atoms with Crippen molar-refractivity contribution in [2.75, 3.05) is 24.1 Å². The Morgan fingerprint density at radius 3 is 2.21 bits per heavy atom. The first-order valence-corrected chi connectivity index (χ1v) is 12.3. The minimum absolute atomic E-state index is 0.0459. The van der Waals surface area contributed by atoms with Gasteiger partial charge in [-0.25, -0.2) is 16.8 Å². The molecule has 0 atom stereocenters. The first kappa shape index (κ1) is 20.6. The fourth-order valence-corrected chi connectivity index (χ4v) is 5.93. The summed E-state index contributed by atoms with van der Waals surface area (Å²) in [5.41, 5.74) is 0.166. The summed E-state index contributed by atoms with van der Waals surface area (Å²) in [5, 5.41) is 0.294. The van der Waals surface area contributed by atoms with Crippen LogP contribution < -0.4 is 4.72 Å². The molecule has 1 fully saturated rings. The van der Waals surface area contributed by atoms with E-state index in [1.807, 2.05) is 0 Å². The largest absolute Gasteiger partial charge is 0.339 e. The van der Waals surface area contributed by atoms with Crippen LogP contribution in [0.1, 0.15) is 23.2 Å². The first-order chi connectivity index (χ1) is 13.1. The van der Waals surface area contributed by atoms with Crippen molar-refractivity contribution in [3.05, 3.63) is 53.1 Å². The summed E-state index contributed by atoms with van der Waals surface area (Å²) in [4.78, 5) is 13.7. The Kier molecular flexibility index (Phi) is 5.69. The predicted molar refractivity (Wildman–Crippen MR) is 107 cm³/mol. The van der Waals surface area contributed by atoms with Crippen molar-refractivity contribution in [1.82, 2.24) is 4.90 Å². The minimum atomic E-state index is -4.26. The maximum absolute atomic E-state index is 12.9. The molecule has 1 amide bonds. The van der Waals surface area contributed by atoms with Crippen molar-refractivity contribution in [3.8, 4) is 0 Å². The molecule has 1 aliphatic rings. The molecule has 150 valence electrons. The van der Waals surface area contributed by atoms with Crippen LogP contribution in [0.3, 0.4) is 0 Å². The number of sulfonamides is 1. The third kappa shape index (κ3) is 4.31. The number of likely N-dealkylation sites (tertiary alicyclic amines) is 1. The number of nitrogens with zero attached hydrogens (tertiary/aromatic N) is 1. The van der Waals surface area contributed by atoms with E-state index in [-0.39, 0.29) is 26.9 Å². The van der Waals surface area contributed by atoms with Gasteiger partial charge in [-0.2, -0.15) is 0 Å². The third-order valence-corrected chi connectivity index (χ3v) is 7.33. The number of hydrogen-bond acceptors (Lipinski definition) is 5. The molecule has 28 heavy (non-hydrogen) atoms. The molecule has 1 heterocycles. The van der Waals surface area contributed by atoms with Gasteiger partial charge in [0.05, 0.1) is 16.1 Å². The van der Waals surface area contributed by atoms with E-state index in [2.05, 4.69) is 4.72 Å². The summed E-state index contributed by atoms with van der Waals surface area (Å²) in [5.74, 6) is -0.325. The summed E-state index contributed by atoms with van der Waals surface area (Å²) in [6, 6.07) is 9.57. The molecule has 10 heteroatoms. The molecule has 0 radical (unpaired) electrons. The van der Waals surface area contributed by atoms with Crippen LogP contribution in [0.4, 0.5) is 5.69 Å². The second kappa shape index (κ2) is 7.73. The van der Waals surface area contributed by atoms with Gasteiger partial charge in [0.25, 0.3) is 15.9 Å². The van der Waals surface area contributed by atoms with Gasteiger partial charge in [-0.3, -0.25) is 9.52 Å². The van der Waals surface area contributed by atoms with Crippen LogP contribution in [0, 0.1) is 0 Å². The van der Waals surface area contributed by atoms with Crippen molar-refractivity contribution >= 4 is 43.1 Å². The summed E-state index contributed by atoms with van der Waals surface area (Å²) in [7, 11) is -8.03. The molecule has 1 aliphatic heterocycles. The van der Waals surface area contributed by atoms with Crippen LogP contribution in [0.15, 0.2) is 52.3 Å². The zero-order valence-corrected chi connectivity index (χ0v) is 17.4. The summed E-state index contributed by atoms with van der Waals surface area (Å²) < 4.78 is 52.1. The number of amides is 1. The van der Waals surface area contributed by atoms with Crippen molar-refractivity contribution in [1.29, 1.82) is 0 Å². The molecule has 0 bridgehead atoms. The van der Waals surface area contributed by atoms with E-state index >= 15 is 0 Å². The van der Waals surface area contributed by atoms with Gasteiger partial charge < -0.3 is 4.90 Å². The lowest BCUT2D eigenvalue weighted by molar-refractivity contribution is 0.0794. The number of anilines is 1. The summed E-state index contributed by atoms with van der Waals surface area (Å²) >= 11 is 6.01. The molecule has 0 spiro atoms. The van der Waals surface area contributed by atoms with Gasteiger partial charge in [-0.05, 0) is 43.2 Å². The molecule has 2 aromatic carbocycles. The van der Waals surface area contributed by atoms with Crippen LogP contribution >= 0.6 is 11.6 Å². The predicted octanol–water partition coefficient (Wildman–Crippen LogP) is 2.78. The van der Waals surface area contributed by atoms with E-state index in [9.17, 15) is 21.6 Å². The van der Waals surface area contributed by atoms with Gasteiger partial charge >= 0.3 is 0 Å². The van der Waals surface area contributed by atoms with E-state index in [1.165, 1.54) is 42.5 Å². The maximum Gasteiger partial charge on any atom is 0.263 e.